The van der Waals surface area contributed by atoms with Crippen LogP contribution >= 0.6 is 11.3 Å². The number of alkyl halides is 5. The van der Waals surface area contributed by atoms with Crippen molar-refractivity contribution in [3.05, 3.63) is 57.8 Å². The molecule has 2 aromatic rings. The van der Waals surface area contributed by atoms with Crippen LogP contribution in [-0.2, 0) is 10.2 Å². The summed E-state index contributed by atoms with van der Waals surface area (Å²) in [6.45, 7) is 1.34. The van der Waals surface area contributed by atoms with Crippen molar-refractivity contribution < 1.29 is 39.2 Å². The molecule has 0 aliphatic carbocycles. The summed E-state index contributed by atoms with van der Waals surface area (Å²) in [4.78, 5) is 1.03. The molecule has 1 saturated heterocycles. The van der Waals surface area contributed by atoms with E-state index in [4.69, 9.17) is 0 Å². The molecule has 15 heteroatoms. The van der Waals surface area contributed by atoms with Gasteiger partial charge in [-0.3, -0.25) is 5.01 Å². The van der Waals surface area contributed by atoms with Crippen LogP contribution in [0.25, 0.3) is 5.57 Å². The Kier molecular flexibility index (Phi) is 7.31. The van der Waals surface area contributed by atoms with E-state index in [-0.39, 0.29) is 13.1 Å². The first-order chi connectivity index (χ1) is 18.3. The Bertz CT molecular complexity index is 1420. The van der Waals surface area contributed by atoms with Crippen molar-refractivity contribution in [2.24, 2.45) is 5.10 Å². The van der Waals surface area contributed by atoms with Gasteiger partial charge < -0.3 is 0 Å². The molecule has 1 atom stereocenters. The van der Waals surface area contributed by atoms with Crippen molar-refractivity contribution in [2.75, 3.05) is 31.2 Å². The summed E-state index contributed by atoms with van der Waals surface area (Å²) in [7, 11) is -3.57. The van der Waals surface area contributed by atoms with Crippen LogP contribution in [0.15, 0.2) is 41.5 Å². The Labute approximate surface area is 224 Å². The predicted molar refractivity (Wildman–Crippen MR) is 133 cm³/mol. The first-order valence-electron chi connectivity index (χ1n) is 12.1. The molecular formula is C24H23F7N4O2S2. The first-order valence-corrected chi connectivity index (χ1v) is 14.3. The highest BCUT2D eigenvalue weighted by molar-refractivity contribution is 7.86. The second-order valence-corrected chi connectivity index (χ2v) is 12.5. The molecule has 39 heavy (non-hydrogen) atoms. The largest absolute Gasteiger partial charge is 0.459 e. The van der Waals surface area contributed by atoms with Crippen molar-refractivity contribution >= 4 is 38.5 Å². The highest BCUT2D eigenvalue weighted by atomic mass is 32.2. The van der Waals surface area contributed by atoms with E-state index in [1.54, 1.807) is 12.1 Å². The fourth-order valence-electron chi connectivity index (χ4n) is 4.85. The smallest absolute Gasteiger partial charge is 0.254 e. The van der Waals surface area contributed by atoms with Gasteiger partial charge in [0.1, 0.15) is 11.5 Å². The SMILES string of the molecule is O=S(=O)(N1CC=C(c2ccc(C3CC(C(F)(F)C(F)(F)F)=NN3c3ccc(F)cc3F)s2)CC1)N1CCCC1. The van der Waals surface area contributed by atoms with Crippen LogP contribution in [0.3, 0.4) is 0 Å². The zero-order valence-corrected chi connectivity index (χ0v) is 21.9. The van der Waals surface area contributed by atoms with Crippen molar-refractivity contribution in [3.63, 3.8) is 0 Å². The molecule has 0 spiro atoms. The number of hydrogen-bond acceptors (Lipinski definition) is 5. The molecule has 6 nitrogen and oxygen atoms in total. The number of benzene rings is 1. The third kappa shape index (κ3) is 5.21. The van der Waals surface area contributed by atoms with Crippen molar-refractivity contribution in [2.45, 2.75) is 43.8 Å². The third-order valence-corrected chi connectivity index (χ3v) is 10.2. The van der Waals surface area contributed by atoms with Crippen molar-refractivity contribution in [3.8, 4) is 0 Å². The molecule has 3 aliphatic rings. The van der Waals surface area contributed by atoms with E-state index in [0.29, 0.717) is 35.3 Å². The molecule has 1 aromatic heterocycles. The summed E-state index contributed by atoms with van der Waals surface area (Å²) in [5, 5.41) is 4.21. The second-order valence-electron chi connectivity index (χ2n) is 9.43. The normalized spacial score (nSPS) is 21.9. The molecule has 212 valence electrons. The number of rotatable bonds is 6. The van der Waals surface area contributed by atoms with Crippen LogP contribution < -0.4 is 5.01 Å². The van der Waals surface area contributed by atoms with Gasteiger partial charge in [-0.1, -0.05) is 6.08 Å². The second kappa shape index (κ2) is 10.2. The van der Waals surface area contributed by atoms with Crippen LogP contribution in [-0.4, -0.2) is 61.0 Å². The lowest BCUT2D eigenvalue weighted by Crippen LogP contribution is -2.44. The van der Waals surface area contributed by atoms with E-state index < -0.39 is 57.8 Å². The molecule has 4 heterocycles. The Hall–Kier alpha value is -2.49. The average molecular weight is 597 g/mol. The fraction of sp³-hybridized carbons (Fsp3) is 0.458. The van der Waals surface area contributed by atoms with Crippen LogP contribution in [0.1, 0.15) is 41.5 Å². The number of hydrogen-bond donors (Lipinski definition) is 0. The Morgan fingerprint density at radius 1 is 0.949 bits per heavy atom. The Balaban J connectivity index is 1.41. The van der Waals surface area contributed by atoms with E-state index in [1.165, 1.54) is 14.7 Å². The summed E-state index contributed by atoms with van der Waals surface area (Å²) in [6.07, 6.45) is -2.98. The predicted octanol–water partition coefficient (Wildman–Crippen LogP) is 5.96. The minimum Gasteiger partial charge on any atom is -0.254 e. The monoisotopic (exact) mass is 596 g/mol. The lowest BCUT2D eigenvalue weighted by Gasteiger charge is -2.29. The van der Waals surface area contributed by atoms with E-state index in [9.17, 15) is 39.2 Å². The zero-order valence-electron chi connectivity index (χ0n) is 20.3. The summed E-state index contributed by atoms with van der Waals surface area (Å²) >= 11 is 1.11. The number of thiophene rings is 1. The maximum atomic E-state index is 14.6. The van der Waals surface area contributed by atoms with Gasteiger partial charge in [0.15, 0.2) is 5.82 Å². The maximum absolute atomic E-state index is 14.6. The van der Waals surface area contributed by atoms with Gasteiger partial charge in [-0.05, 0) is 49.1 Å². The van der Waals surface area contributed by atoms with Crippen molar-refractivity contribution in [1.82, 2.24) is 8.61 Å². The Morgan fingerprint density at radius 3 is 2.28 bits per heavy atom. The van der Waals surface area contributed by atoms with E-state index in [2.05, 4.69) is 5.10 Å². The Morgan fingerprint density at radius 2 is 1.67 bits per heavy atom. The number of hydrazone groups is 1. The molecule has 3 aliphatic heterocycles. The summed E-state index contributed by atoms with van der Waals surface area (Å²) in [5.41, 5.74) is -1.11. The standard InChI is InChI=1S/C24H23F7N4O2S2/c25-16-3-4-18(17(26)13-16)35-19(14-22(32-35)23(27,28)24(29,30)31)21-6-5-20(38-21)15-7-11-34(12-8-15)39(36,37)33-9-1-2-10-33/h3-7,13,19H,1-2,8-12,14H2. The quantitative estimate of drug-likeness (QED) is 0.387. The highest BCUT2D eigenvalue weighted by Gasteiger charge is 2.63. The van der Waals surface area contributed by atoms with Crippen LogP contribution in [0.4, 0.5) is 36.4 Å². The molecule has 0 amide bonds. The highest BCUT2D eigenvalue weighted by Crippen LogP contribution is 2.46. The van der Waals surface area contributed by atoms with Gasteiger partial charge in [0.25, 0.3) is 10.2 Å². The maximum Gasteiger partial charge on any atom is 0.459 e. The molecule has 1 unspecified atom stereocenters. The lowest BCUT2D eigenvalue weighted by atomic mass is 10.0. The molecule has 1 fully saturated rings. The number of nitrogens with zero attached hydrogens (tertiary/aromatic N) is 4. The summed E-state index contributed by atoms with van der Waals surface area (Å²) in [6, 6.07) is 4.30. The van der Waals surface area contributed by atoms with Gasteiger partial charge in [-0.25, -0.2) is 8.78 Å². The number of anilines is 1. The molecule has 0 N–H and O–H groups in total. The lowest BCUT2D eigenvalue weighted by molar-refractivity contribution is -0.249. The first kappa shape index (κ1) is 28.1. The van der Waals surface area contributed by atoms with E-state index >= 15 is 0 Å². The molecule has 0 bridgehead atoms. The van der Waals surface area contributed by atoms with Gasteiger partial charge >= 0.3 is 12.1 Å². The van der Waals surface area contributed by atoms with Crippen LogP contribution in [0, 0.1) is 11.6 Å². The molecular weight excluding hydrogens is 573 g/mol. The van der Waals surface area contributed by atoms with Crippen molar-refractivity contribution in [1.29, 1.82) is 0 Å². The molecule has 5 rings (SSSR count). The zero-order chi connectivity index (χ0) is 28.2. The van der Waals surface area contributed by atoms with Gasteiger partial charge in [0, 0.05) is 48.4 Å². The molecule has 0 radical (unpaired) electrons. The van der Waals surface area contributed by atoms with E-state index in [0.717, 1.165) is 46.9 Å². The molecule has 0 saturated carbocycles. The fourth-order valence-corrected chi connectivity index (χ4v) is 7.64. The van der Waals surface area contributed by atoms with Gasteiger partial charge in [-0.2, -0.15) is 44.1 Å². The van der Waals surface area contributed by atoms with E-state index in [1.807, 2.05) is 0 Å². The van der Waals surface area contributed by atoms with Crippen LogP contribution in [0.2, 0.25) is 0 Å². The third-order valence-electron chi connectivity index (χ3n) is 6.95. The topological polar surface area (TPSA) is 56.2 Å². The molecule has 1 aromatic carbocycles. The summed E-state index contributed by atoms with van der Waals surface area (Å²) < 4.78 is 124. The summed E-state index contributed by atoms with van der Waals surface area (Å²) in [5.74, 6) is -7.35. The van der Waals surface area contributed by atoms with Gasteiger partial charge in [0.05, 0.1) is 11.7 Å². The number of halogens is 7. The minimum atomic E-state index is -5.90. The van der Waals surface area contributed by atoms with Gasteiger partial charge in [0.2, 0.25) is 0 Å². The van der Waals surface area contributed by atoms with Gasteiger partial charge in [-0.15, -0.1) is 11.3 Å². The average Bonchev–Trinajstić information content (AvgIpc) is 3.64. The minimum absolute atomic E-state index is 0.142. The van der Waals surface area contributed by atoms with Crippen LogP contribution in [0.5, 0.6) is 0 Å².